The summed E-state index contributed by atoms with van der Waals surface area (Å²) >= 11 is 0. The maximum atomic E-state index is 12.9. The maximum absolute atomic E-state index is 12.9. The smallest absolute Gasteiger partial charge is 0.0531 e. The van der Waals surface area contributed by atoms with E-state index in [0.29, 0.717) is 23.0 Å². The largest absolute Gasteiger partial charge is 0.321 e. The first-order valence-corrected chi connectivity index (χ1v) is 13.3. The summed E-state index contributed by atoms with van der Waals surface area (Å²) in [5.74, 6) is 1.14. The fourth-order valence-corrected chi connectivity index (χ4v) is 7.18. The molecule has 0 saturated carbocycles. The highest BCUT2D eigenvalue weighted by Crippen LogP contribution is 2.28. The van der Waals surface area contributed by atoms with E-state index in [-0.39, 0.29) is 11.8 Å². The minimum atomic E-state index is -1.17. The maximum Gasteiger partial charge on any atom is 0.0531 e. The fourth-order valence-electron chi connectivity index (χ4n) is 3.38. The topological polar surface area (TPSA) is 103 Å². The third kappa shape index (κ3) is 5.66. The van der Waals surface area contributed by atoms with Gasteiger partial charge >= 0.3 is 0 Å². The Morgan fingerprint density at radius 2 is 1.15 bits per heavy atom. The first-order valence-electron chi connectivity index (χ1n) is 8.39. The number of hydrogen-bond acceptors (Lipinski definition) is 5. The lowest BCUT2D eigenvalue weighted by atomic mass is 9.84. The van der Waals surface area contributed by atoms with Crippen LogP contribution in [0.5, 0.6) is 0 Å². The van der Waals surface area contributed by atoms with Crippen LogP contribution in [0.15, 0.2) is 48.6 Å². The zero-order valence-corrected chi connectivity index (χ0v) is 17.7. The Hall–Kier alpha value is -0.670. The van der Waals surface area contributed by atoms with E-state index in [1.54, 1.807) is 12.5 Å². The molecule has 146 valence electrons. The summed E-state index contributed by atoms with van der Waals surface area (Å²) < 4.78 is 36.2. The molecule has 8 heteroatoms. The summed E-state index contributed by atoms with van der Waals surface area (Å²) in [5, 5.41) is 0. The summed E-state index contributed by atoms with van der Waals surface area (Å²) in [7, 11) is -3.26. The molecule has 0 aromatic rings. The van der Waals surface area contributed by atoms with Crippen LogP contribution in [0.25, 0.3) is 0 Å². The van der Waals surface area contributed by atoms with Gasteiger partial charge in [-0.15, -0.1) is 0 Å². The molecule has 0 spiro atoms. The van der Waals surface area contributed by atoms with E-state index in [1.165, 1.54) is 0 Å². The van der Waals surface area contributed by atoms with Gasteiger partial charge < -0.3 is 11.5 Å². The molecule has 2 aliphatic carbocycles. The quantitative estimate of drug-likeness (QED) is 0.595. The lowest BCUT2D eigenvalue weighted by Gasteiger charge is -2.36. The Morgan fingerprint density at radius 3 is 1.50 bits per heavy atom. The van der Waals surface area contributed by atoms with Crippen molar-refractivity contribution in [1.82, 2.24) is 0 Å². The Balaban J connectivity index is 2.07. The first-order chi connectivity index (χ1) is 12.1. The Morgan fingerprint density at radius 1 is 0.769 bits per heavy atom. The summed E-state index contributed by atoms with van der Waals surface area (Å²) in [6, 6.07) is 0. The highest BCUT2D eigenvalue weighted by atomic mass is 32.2. The van der Waals surface area contributed by atoms with Crippen LogP contribution in [0.1, 0.15) is 0 Å². The Labute approximate surface area is 163 Å². The van der Waals surface area contributed by atoms with Crippen molar-refractivity contribution in [3.8, 4) is 0 Å². The standard InChI is InChI=1S/C18H28N2O3S3/c1-24(21)13-17(19)9-5-3-7-15(17)11-26(23)12-16-8-4-6-10-18(16,20)14-25(2)22/h3-10,15-16H,11-14,19-20H2,1-2H3. The minimum Gasteiger partial charge on any atom is -0.321 e. The van der Waals surface area contributed by atoms with Crippen LogP contribution in [0.3, 0.4) is 0 Å². The van der Waals surface area contributed by atoms with Crippen LogP contribution >= 0.6 is 0 Å². The van der Waals surface area contributed by atoms with E-state index >= 15 is 0 Å². The Bertz CT molecular complexity index is 658. The molecule has 0 aliphatic heterocycles. The minimum absolute atomic E-state index is 0.146. The molecule has 4 N–H and O–H groups in total. The molecule has 0 heterocycles. The molecular weight excluding hydrogens is 388 g/mol. The van der Waals surface area contributed by atoms with Gasteiger partial charge in [-0.3, -0.25) is 12.6 Å². The summed E-state index contributed by atoms with van der Waals surface area (Å²) in [5.41, 5.74) is 11.4. The van der Waals surface area contributed by atoms with Crippen molar-refractivity contribution in [1.29, 1.82) is 0 Å². The van der Waals surface area contributed by atoms with Gasteiger partial charge in [-0.1, -0.05) is 48.6 Å². The van der Waals surface area contributed by atoms with Crippen molar-refractivity contribution >= 4 is 32.4 Å². The molecule has 6 atom stereocenters. The fraction of sp³-hybridized carbons (Fsp3) is 0.556. The molecule has 0 bridgehead atoms. The third-order valence-electron chi connectivity index (χ3n) is 4.74. The number of rotatable bonds is 8. The molecule has 6 unspecified atom stereocenters. The van der Waals surface area contributed by atoms with Crippen molar-refractivity contribution < 1.29 is 12.6 Å². The first kappa shape index (κ1) is 21.6. The lowest BCUT2D eigenvalue weighted by Crippen LogP contribution is -2.53. The van der Waals surface area contributed by atoms with E-state index < -0.39 is 43.5 Å². The van der Waals surface area contributed by atoms with Crippen LogP contribution < -0.4 is 11.5 Å². The molecular formula is C18H28N2O3S3. The van der Waals surface area contributed by atoms with Crippen LogP contribution in [0.2, 0.25) is 0 Å². The molecule has 0 aromatic carbocycles. The second-order valence-corrected chi connectivity index (χ2v) is 11.6. The average Bonchev–Trinajstić information content (AvgIpc) is 2.50. The van der Waals surface area contributed by atoms with Crippen molar-refractivity contribution in [2.24, 2.45) is 23.3 Å². The monoisotopic (exact) mass is 416 g/mol. The highest BCUT2D eigenvalue weighted by Gasteiger charge is 2.37. The molecule has 0 aromatic heterocycles. The molecule has 2 aliphatic rings. The van der Waals surface area contributed by atoms with Gasteiger partial charge in [-0.2, -0.15) is 0 Å². The second kappa shape index (κ2) is 9.01. The molecule has 26 heavy (non-hydrogen) atoms. The van der Waals surface area contributed by atoms with Gasteiger partial charge in [0.05, 0.1) is 11.1 Å². The van der Waals surface area contributed by atoms with Gasteiger partial charge in [0.25, 0.3) is 0 Å². The second-order valence-electron chi connectivity index (χ2n) is 7.13. The van der Waals surface area contributed by atoms with Gasteiger partial charge in [0.1, 0.15) is 0 Å². The van der Waals surface area contributed by atoms with E-state index in [2.05, 4.69) is 0 Å². The summed E-state index contributed by atoms with van der Waals surface area (Å²) in [6.07, 6.45) is 18.3. The highest BCUT2D eigenvalue weighted by molar-refractivity contribution is 7.85. The summed E-state index contributed by atoms with van der Waals surface area (Å²) in [6.45, 7) is 0. The van der Waals surface area contributed by atoms with Gasteiger partial charge in [0.15, 0.2) is 0 Å². The molecule has 0 saturated heterocycles. The van der Waals surface area contributed by atoms with Gasteiger partial charge in [0, 0.05) is 79.8 Å². The van der Waals surface area contributed by atoms with Gasteiger partial charge in [-0.25, -0.2) is 0 Å². The van der Waals surface area contributed by atoms with E-state index in [1.807, 2.05) is 48.6 Å². The van der Waals surface area contributed by atoms with Crippen LogP contribution in [0, 0.1) is 11.8 Å². The van der Waals surface area contributed by atoms with Crippen molar-refractivity contribution in [3.05, 3.63) is 48.6 Å². The van der Waals surface area contributed by atoms with Crippen molar-refractivity contribution in [2.45, 2.75) is 11.1 Å². The van der Waals surface area contributed by atoms with E-state index in [0.717, 1.165) is 0 Å². The van der Waals surface area contributed by atoms with Crippen molar-refractivity contribution in [3.63, 3.8) is 0 Å². The van der Waals surface area contributed by atoms with Crippen LogP contribution in [0.4, 0.5) is 0 Å². The van der Waals surface area contributed by atoms with Gasteiger partial charge in [0.2, 0.25) is 0 Å². The summed E-state index contributed by atoms with van der Waals surface area (Å²) in [4.78, 5) is 0. The SMILES string of the molecule is CS(=O)CC1(N)C=CC=CC1CS(=O)CC1C=CC=CC1(N)CS(C)=O. The van der Waals surface area contributed by atoms with Crippen molar-refractivity contribution in [2.75, 3.05) is 35.5 Å². The molecule has 5 nitrogen and oxygen atoms in total. The Kier molecular flexibility index (Phi) is 7.50. The van der Waals surface area contributed by atoms with E-state index in [9.17, 15) is 12.6 Å². The molecule has 0 fully saturated rings. The number of nitrogens with two attached hydrogens (primary N) is 2. The molecule has 0 amide bonds. The number of hydrogen-bond donors (Lipinski definition) is 2. The van der Waals surface area contributed by atoms with Crippen LogP contribution in [-0.2, 0) is 32.4 Å². The molecule has 2 rings (SSSR count). The predicted molar refractivity (Wildman–Crippen MR) is 113 cm³/mol. The average molecular weight is 417 g/mol. The van der Waals surface area contributed by atoms with E-state index in [4.69, 9.17) is 11.5 Å². The third-order valence-corrected chi connectivity index (χ3v) is 8.02. The zero-order chi connectivity index (χ0) is 19.4. The molecule has 0 radical (unpaired) electrons. The number of allylic oxidation sites excluding steroid dienone is 4. The normalized spacial score (nSPS) is 36.8. The lowest BCUT2D eigenvalue weighted by molar-refractivity contribution is 0.451. The van der Waals surface area contributed by atoms with Crippen LogP contribution in [-0.4, -0.2) is 59.2 Å². The predicted octanol–water partition coefficient (Wildman–Crippen LogP) is 0.372. The zero-order valence-electron chi connectivity index (χ0n) is 15.2. The van der Waals surface area contributed by atoms with Gasteiger partial charge in [-0.05, 0) is 0 Å².